The monoisotopic (exact) mass is 293 g/mol. The van der Waals surface area contributed by atoms with Crippen LogP contribution in [0.2, 0.25) is 0 Å². The number of carbonyl (C=O) groups is 1. The number of hydrogen-bond donors (Lipinski definition) is 0. The Kier molecular flexibility index (Phi) is 4.84. The minimum absolute atomic E-state index is 0.0602. The summed E-state index contributed by atoms with van der Waals surface area (Å²) in [4.78, 5) is 16.7. The molecule has 0 N–H and O–H groups in total. The third-order valence-electron chi connectivity index (χ3n) is 2.79. The fourth-order valence-electron chi connectivity index (χ4n) is 1.81. The van der Waals surface area contributed by atoms with Crippen molar-refractivity contribution in [3.05, 3.63) is 45.7 Å². The van der Waals surface area contributed by atoms with E-state index in [9.17, 15) is 9.18 Å². The first-order chi connectivity index (χ1) is 9.60. The highest BCUT2D eigenvalue weighted by molar-refractivity contribution is 7.13. The van der Waals surface area contributed by atoms with Crippen LogP contribution in [0.4, 0.5) is 4.39 Å². The summed E-state index contributed by atoms with van der Waals surface area (Å²) in [5, 5.41) is 0.897. The summed E-state index contributed by atoms with van der Waals surface area (Å²) in [6, 6.07) is 5.91. The molecule has 106 valence electrons. The van der Waals surface area contributed by atoms with Crippen molar-refractivity contribution in [1.82, 2.24) is 4.98 Å². The second kappa shape index (κ2) is 6.61. The van der Waals surface area contributed by atoms with Crippen molar-refractivity contribution in [3.63, 3.8) is 0 Å². The molecule has 1 aromatic carbocycles. The Morgan fingerprint density at radius 3 is 2.60 bits per heavy atom. The lowest BCUT2D eigenvalue weighted by Gasteiger charge is -2.04. The van der Waals surface area contributed by atoms with Crippen LogP contribution in [0.3, 0.4) is 0 Å². The Morgan fingerprint density at radius 2 is 2.05 bits per heavy atom. The van der Waals surface area contributed by atoms with Crippen molar-refractivity contribution in [2.24, 2.45) is 0 Å². The van der Waals surface area contributed by atoms with Gasteiger partial charge in [0.2, 0.25) is 0 Å². The van der Waals surface area contributed by atoms with Gasteiger partial charge in [0.1, 0.15) is 11.6 Å². The van der Waals surface area contributed by atoms with E-state index in [1.54, 1.807) is 19.1 Å². The fraction of sp³-hybridized carbons (Fsp3) is 0.333. The van der Waals surface area contributed by atoms with Crippen LogP contribution < -0.4 is 4.74 Å². The smallest absolute Gasteiger partial charge is 0.171 e. The number of halogens is 1. The van der Waals surface area contributed by atoms with Gasteiger partial charge in [0.15, 0.2) is 5.78 Å². The summed E-state index contributed by atoms with van der Waals surface area (Å²) in [6.45, 7) is 4.01. The number of aryl methyl sites for hydroxylation is 1. The summed E-state index contributed by atoms with van der Waals surface area (Å²) in [5.41, 5.74) is 0.860. The number of rotatable bonds is 6. The molecular formula is C15H16FNO2S. The van der Waals surface area contributed by atoms with Crippen LogP contribution in [0.25, 0.3) is 0 Å². The number of ketones is 1. The van der Waals surface area contributed by atoms with Crippen molar-refractivity contribution in [2.75, 3.05) is 6.61 Å². The normalized spacial score (nSPS) is 10.6. The summed E-state index contributed by atoms with van der Waals surface area (Å²) >= 11 is 1.43. The molecule has 0 fully saturated rings. The maximum absolute atomic E-state index is 12.7. The first-order valence-corrected chi connectivity index (χ1v) is 7.29. The fourth-order valence-corrected chi connectivity index (χ4v) is 2.84. The zero-order valence-corrected chi connectivity index (χ0v) is 12.3. The average Bonchev–Trinajstić information content (AvgIpc) is 2.84. The Balaban J connectivity index is 1.94. The standard InChI is InChI=1S/C15H16FNO2S/c1-3-13-15(10(2)18)20-14(17-13)8-9-19-12-6-4-11(16)5-7-12/h4-7H,3,8-9H2,1-2H3. The van der Waals surface area contributed by atoms with Crippen LogP contribution in [-0.2, 0) is 12.8 Å². The van der Waals surface area contributed by atoms with E-state index in [2.05, 4.69) is 4.98 Å². The molecule has 2 aromatic rings. The molecule has 0 aliphatic rings. The van der Waals surface area contributed by atoms with E-state index in [4.69, 9.17) is 4.74 Å². The van der Waals surface area contributed by atoms with Crippen LogP contribution in [0, 0.1) is 5.82 Å². The largest absolute Gasteiger partial charge is 0.493 e. The van der Waals surface area contributed by atoms with Crippen molar-refractivity contribution in [1.29, 1.82) is 0 Å². The molecule has 0 amide bonds. The second-order valence-corrected chi connectivity index (χ2v) is 5.43. The van der Waals surface area contributed by atoms with Gasteiger partial charge in [-0.25, -0.2) is 9.37 Å². The molecule has 0 radical (unpaired) electrons. The first kappa shape index (κ1) is 14.7. The molecule has 0 atom stereocenters. The molecule has 0 aliphatic carbocycles. The Hall–Kier alpha value is -1.75. The molecule has 3 nitrogen and oxygen atoms in total. The molecule has 1 aromatic heterocycles. The number of ether oxygens (including phenoxy) is 1. The van der Waals surface area contributed by atoms with Gasteiger partial charge in [0.25, 0.3) is 0 Å². The van der Waals surface area contributed by atoms with Crippen molar-refractivity contribution in [3.8, 4) is 5.75 Å². The number of carbonyl (C=O) groups excluding carboxylic acids is 1. The summed E-state index contributed by atoms with van der Waals surface area (Å²) in [7, 11) is 0. The molecule has 20 heavy (non-hydrogen) atoms. The lowest BCUT2D eigenvalue weighted by molar-refractivity contribution is 0.102. The van der Waals surface area contributed by atoms with Crippen LogP contribution in [-0.4, -0.2) is 17.4 Å². The van der Waals surface area contributed by atoms with E-state index in [0.29, 0.717) is 18.8 Å². The molecule has 0 saturated heterocycles. The van der Waals surface area contributed by atoms with E-state index >= 15 is 0 Å². The highest BCUT2D eigenvalue weighted by Crippen LogP contribution is 2.20. The summed E-state index contributed by atoms with van der Waals surface area (Å²) < 4.78 is 18.3. The van der Waals surface area contributed by atoms with E-state index in [0.717, 1.165) is 22.0 Å². The summed E-state index contributed by atoms with van der Waals surface area (Å²) in [6.07, 6.45) is 1.40. The van der Waals surface area contributed by atoms with Gasteiger partial charge >= 0.3 is 0 Å². The van der Waals surface area contributed by atoms with Crippen molar-refractivity contribution in [2.45, 2.75) is 26.7 Å². The molecule has 0 bridgehead atoms. The third-order valence-corrected chi connectivity index (χ3v) is 4.05. The van der Waals surface area contributed by atoms with Gasteiger partial charge < -0.3 is 4.74 Å². The number of aromatic nitrogens is 1. The van der Waals surface area contributed by atoms with Crippen LogP contribution in [0.15, 0.2) is 24.3 Å². The van der Waals surface area contributed by atoms with E-state index < -0.39 is 0 Å². The molecular weight excluding hydrogens is 277 g/mol. The molecule has 0 aliphatic heterocycles. The predicted octanol–water partition coefficient (Wildman–Crippen LogP) is 3.67. The maximum atomic E-state index is 12.7. The zero-order chi connectivity index (χ0) is 14.5. The topological polar surface area (TPSA) is 39.2 Å². The molecule has 0 saturated carbocycles. The molecule has 0 spiro atoms. The van der Waals surface area contributed by atoms with Crippen LogP contribution >= 0.6 is 11.3 Å². The number of benzene rings is 1. The van der Waals surface area contributed by atoms with Gasteiger partial charge in [-0.15, -0.1) is 11.3 Å². The molecule has 2 rings (SSSR count). The SMILES string of the molecule is CCc1nc(CCOc2ccc(F)cc2)sc1C(C)=O. The van der Waals surface area contributed by atoms with Gasteiger partial charge in [-0.05, 0) is 30.7 Å². The lowest BCUT2D eigenvalue weighted by Crippen LogP contribution is -2.01. The maximum Gasteiger partial charge on any atom is 0.171 e. The molecule has 5 heteroatoms. The highest BCUT2D eigenvalue weighted by atomic mass is 32.1. The summed E-state index contributed by atoms with van der Waals surface area (Å²) in [5.74, 6) is 0.409. The van der Waals surface area contributed by atoms with E-state index in [1.807, 2.05) is 6.92 Å². The zero-order valence-electron chi connectivity index (χ0n) is 11.5. The minimum atomic E-state index is -0.282. The van der Waals surface area contributed by atoms with Gasteiger partial charge in [-0.2, -0.15) is 0 Å². The lowest BCUT2D eigenvalue weighted by atomic mass is 10.2. The van der Waals surface area contributed by atoms with Crippen LogP contribution in [0.1, 0.15) is 34.2 Å². The quantitative estimate of drug-likeness (QED) is 0.763. The highest BCUT2D eigenvalue weighted by Gasteiger charge is 2.13. The number of nitrogens with zero attached hydrogens (tertiary/aromatic N) is 1. The van der Waals surface area contributed by atoms with Gasteiger partial charge in [-0.1, -0.05) is 6.92 Å². The Bertz CT molecular complexity index is 592. The van der Waals surface area contributed by atoms with Gasteiger partial charge in [0, 0.05) is 13.3 Å². The number of hydrogen-bond acceptors (Lipinski definition) is 4. The minimum Gasteiger partial charge on any atom is -0.493 e. The molecule has 0 unspecified atom stereocenters. The third kappa shape index (κ3) is 3.63. The number of Topliss-reactive ketones (excluding diaryl/α,β-unsaturated/α-hetero) is 1. The second-order valence-electron chi connectivity index (χ2n) is 4.35. The number of thiazole rings is 1. The Labute approximate surface area is 121 Å². The van der Waals surface area contributed by atoms with E-state index in [-0.39, 0.29) is 11.6 Å². The first-order valence-electron chi connectivity index (χ1n) is 6.48. The van der Waals surface area contributed by atoms with Crippen molar-refractivity contribution >= 4 is 17.1 Å². The van der Waals surface area contributed by atoms with Crippen molar-refractivity contribution < 1.29 is 13.9 Å². The average molecular weight is 293 g/mol. The van der Waals surface area contributed by atoms with Crippen LogP contribution in [0.5, 0.6) is 5.75 Å². The van der Waals surface area contributed by atoms with E-state index in [1.165, 1.54) is 23.5 Å². The molecule has 1 heterocycles. The Morgan fingerprint density at radius 1 is 1.35 bits per heavy atom. The van der Waals surface area contributed by atoms with Gasteiger partial charge in [-0.3, -0.25) is 4.79 Å². The van der Waals surface area contributed by atoms with Gasteiger partial charge in [0.05, 0.1) is 22.2 Å². The predicted molar refractivity (Wildman–Crippen MR) is 77.1 cm³/mol.